The van der Waals surface area contributed by atoms with E-state index >= 15 is 0 Å². The van der Waals surface area contributed by atoms with E-state index in [4.69, 9.17) is 18.9 Å². The van der Waals surface area contributed by atoms with Crippen LogP contribution in [0.2, 0.25) is 0 Å². The predicted molar refractivity (Wildman–Crippen MR) is 124 cm³/mol. The Morgan fingerprint density at radius 2 is 1.82 bits per heavy atom. The van der Waals surface area contributed by atoms with Gasteiger partial charge in [0.15, 0.2) is 29.1 Å². The summed E-state index contributed by atoms with van der Waals surface area (Å²) in [6, 6.07) is 0.550. The van der Waals surface area contributed by atoms with E-state index in [1.165, 1.54) is 7.11 Å². The van der Waals surface area contributed by atoms with Crippen molar-refractivity contribution in [3.63, 3.8) is 0 Å². The molecule has 6 N–H and O–H groups in total. The van der Waals surface area contributed by atoms with Gasteiger partial charge in [-0.15, -0.1) is 0 Å². The number of aliphatic hydroxyl groups excluding tert-OH is 3. The van der Waals surface area contributed by atoms with Gasteiger partial charge in [-0.1, -0.05) is 6.58 Å². The molecule has 0 radical (unpaired) electrons. The molecule has 0 saturated carbocycles. The summed E-state index contributed by atoms with van der Waals surface area (Å²) in [6.45, 7) is 1.40. The molecule has 1 aliphatic heterocycles. The normalized spacial score (nSPS) is 16.5. The number of methoxy groups -OCH3 is 1. The first kappa shape index (κ1) is 30.1. The highest BCUT2D eigenvalue weighted by Crippen LogP contribution is 2.44. The van der Waals surface area contributed by atoms with Crippen LogP contribution in [0.1, 0.15) is 15.9 Å². The maximum Gasteiger partial charge on any atom is 0.508 e. The lowest BCUT2D eigenvalue weighted by molar-refractivity contribution is -0.143. The minimum Gasteiger partial charge on any atom is -0.504 e. The Morgan fingerprint density at radius 1 is 1.13 bits per heavy atom. The summed E-state index contributed by atoms with van der Waals surface area (Å²) in [5.41, 5.74) is -3.08. The van der Waals surface area contributed by atoms with Crippen LogP contribution in [0.5, 0.6) is 17.2 Å². The summed E-state index contributed by atoms with van der Waals surface area (Å²) in [5, 5.41) is 61.3. The molecule has 0 bridgehead atoms. The number of hydrogen-bond donors (Lipinski definition) is 6. The molecule has 2 unspecified atom stereocenters. The fraction of sp³-hybridized carbons (Fsp3) is 0.304. The van der Waals surface area contributed by atoms with E-state index in [1.807, 2.05) is 0 Å². The monoisotopic (exact) mass is 556 g/mol. The molecule has 2 atom stereocenters. The predicted octanol–water partition coefficient (Wildman–Crippen LogP) is 1.01. The Balaban J connectivity index is 2.63. The first-order valence-electron chi connectivity index (χ1n) is 10.7. The highest BCUT2D eigenvalue weighted by molar-refractivity contribution is 6.21. The molecule has 39 heavy (non-hydrogen) atoms. The minimum atomic E-state index is -1.57. The van der Waals surface area contributed by atoms with Crippen LogP contribution >= 0.6 is 0 Å². The van der Waals surface area contributed by atoms with Gasteiger partial charge in [-0.05, 0) is 12.1 Å². The summed E-state index contributed by atoms with van der Waals surface area (Å²) in [6.07, 6.45) is -2.41. The Morgan fingerprint density at radius 3 is 2.38 bits per heavy atom. The lowest BCUT2D eigenvalue weighted by atomic mass is 9.95. The summed E-state index contributed by atoms with van der Waals surface area (Å²) in [4.78, 5) is 47.5. The summed E-state index contributed by atoms with van der Waals surface area (Å²) in [7, 11) is 1.18. The SMILES string of the molecule is C=C/C(O)=C(O)\C(O)=C(/C(=O)OCC(COC=O)OC)c1c(C(=O)OCC2COC(=O)O2)cc(O)c(O)c1O. The molecule has 1 aliphatic rings. The second kappa shape index (κ2) is 13.4. The van der Waals surface area contributed by atoms with Crippen LogP contribution < -0.4 is 0 Å². The molecule has 0 amide bonds. The molecule has 16 nitrogen and oxygen atoms in total. The van der Waals surface area contributed by atoms with Gasteiger partial charge in [0.1, 0.15) is 38.1 Å². The van der Waals surface area contributed by atoms with E-state index < -0.39 is 94.7 Å². The average Bonchev–Trinajstić information content (AvgIpc) is 3.35. The molecule has 1 aromatic rings. The Bertz CT molecular complexity index is 1200. The first-order chi connectivity index (χ1) is 18.5. The van der Waals surface area contributed by atoms with Gasteiger partial charge < -0.3 is 59.1 Å². The second-order valence-corrected chi connectivity index (χ2v) is 7.46. The molecule has 2 rings (SSSR count). The van der Waals surface area contributed by atoms with Crippen molar-refractivity contribution in [3.8, 4) is 17.2 Å². The molecule has 212 valence electrons. The summed E-state index contributed by atoms with van der Waals surface area (Å²) in [5.74, 6) is -10.5. The zero-order chi connectivity index (χ0) is 29.3. The number of benzene rings is 1. The fourth-order valence-electron chi connectivity index (χ4n) is 2.98. The minimum absolute atomic E-state index is 0.0969. The fourth-order valence-corrected chi connectivity index (χ4v) is 2.98. The number of esters is 2. The van der Waals surface area contributed by atoms with Crippen molar-refractivity contribution in [1.29, 1.82) is 0 Å². The number of aliphatic hydroxyl groups is 3. The van der Waals surface area contributed by atoms with E-state index in [0.717, 1.165) is 0 Å². The third-order valence-electron chi connectivity index (χ3n) is 4.96. The number of phenols is 3. The van der Waals surface area contributed by atoms with Crippen LogP contribution in [0.4, 0.5) is 4.79 Å². The van der Waals surface area contributed by atoms with Gasteiger partial charge in [0, 0.05) is 7.11 Å². The van der Waals surface area contributed by atoms with E-state index in [-0.39, 0.29) is 19.7 Å². The number of cyclic esters (lactones) is 2. The summed E-state index contributed by atoms with van der Waals surface area (Å²) >= 11 is 0. The van der Waals surface area contributed by atoms with Crippen LogP contribution in [0, 0.1) is 0 Å². The van der Waals surface area contributed by atoms with Crippen molar-refractivity contribution in [1.82, 2.24) is 0 Å². The second-order valence-electron chi connectivity index (χ2n) is 7.46. The number of allylic oxidation sites excluding steroid dienone is 1. The van der Waals surface area contributed by atoms with E-state index in [1.54, 1.807) is 0 Å². The standard InChI is InChI=1S/C23H24O16/c1-3-13(25)17(27)20(30)16(22(32)37-6-10(34-2)5-35-9-24)15-12(4-14(26)18(28)19(15)29)21(31)36-7-11-8-38-23(33)39-11/h3-4,9-11,25-30H,1,5-8H2,2H3/b17-13-,20-16+. The molecule has 1 fully saturated rings. The van der Waals surface area contributed by atoms with Gasteiger partial charge in [0.2, 0.25) is 11.5 Å². The number of rotatable bonds is 13. The molecule has 1 saturated heterocycles. The zero-order valence-corrected chi connectivity index (χ0v) is 20.2. The quantitative estimate of drug-likeness (QED) is 0.0377. The zero-order valence-electron chi connectivity index (χ0n) is 20.2. The topological polar surface area (TPSA) is 245 Å². The van der Waals surface area contributed by atoms with E-state index in [0.29, 0.717) is 12.1 Å². The van der Waals surface area contributed by atoms with Crippen LogP contribution in [0.25, 0.3) is 5.57 Å². The van der Waals surface area contributed by atoms with Gasteiger partial charge >= 0.3 is 18.1 Å². The van der Waals surface area contributed by atoms with Crippen LogP contribution in [0.3, 0.4) is 0 Å². The Labute approximate surface area is 219 Å². The molecular weight excluding hydrogens is 532 g/mol. The van der Waals surface area contributed by atoms with Crippen molar-refractivity contribution in [2.45, 2.75) is 12.2 Å². The number of hydrogen-bond acceptors (Lipinski definition) is 16. The lowest BCUT2D eigenvalue weighted by Crippen LogP contribution is -2.27. The van der Waals surface area contributed by atoms with Crippen LogP contribution in [0.15, 0.2) is 36.0 Å². The van der Waals surface area contributed by atoms with Gasteiger partial charge in [-0.3, -0.25) is 4.79 Å². The largest absolute Gasteiger partial charge is 0.508 e. The maximum absolute atomic E-state index is 13.1. The van der Waals surface area contributed by atoms with Crippen molar-refractivity contribution in [2.24, 2.45) is 0 Å². The number of ether oxygens (including phenoxy) is 6. The molecule has 16 heteroatoms. The van der Waals surface area contributed by atoms with Crippen molar-refractivity contribution in [2.75, 3.05) is 33.5 Å². The Kier molecular flexibility index (Phi) is 10.4. The van der Waals surface area contributed by atoms with E-state index in [9.17, 15) is 49.8 Å². The summed E-state index contributed by atoms with van der Waals surface area (Å²) < 4.78 is 28.7. The number of aromatic hydroxyl groups is 3. The highest BCUT2D eigenvalue weighted by atomic mass is 16.8. The molecule has 1 heterocycles. The van der Waals surface area contributed by atoms with Gasteiger partial charge in [-0.2, -0.15) is 0 Å². The smallest absolute Gasteiger partial charge is 0.504 e. The molecule has 0 spiro atoms. The molecule has 0 aliphatic carbocycles. The third-order valence-corrected chi connectivity index (χ3v) is 4.96. The Hall–Kier alpha value is -5.12. The molecular formula is C23H24O16. The maximum atomic E-state index is 13.1. The van der Waals surface area contributed by atoms with Gasteiger partial charge in [0.05, 0.1) is 11.1 Å². The molecule has 1 aromatic carbocycles. The van der Waals surface area contributed by atoms with Crippen molar-refractivity contribution < 1.29 is 78.2 Å². The first-order valence-corrected chi connectivity index (χ1v) is 10.7. The lowest BCUT2D eigenvalue weighted by Gasteiger charge is -2.19. The van der Waals surface area contributed by atoms with E-state index in [2.05, 4.69) is 16.1 Å². The van der Waals surface area contributed by atoms with Gasteiger partial charge in [-0.25, -0.2) is 14.4 Å². The number of carbonyl (C=O) groups excluding carboxylic acids is 4. The highest BCUT2D eigenvalue weighted by Gasteiger charge is 2.34. The van der Waals surface area contributed by atoms with Crippen LogP contribution in [-0.2, 0) is 38.0 Å². The number of phenolic OH excluding ortho intramolecular Hbond substituents is 3. The van der Waals surface area contributed by atoms with Gasteiger partial charge in [0.25, 0.3) is 6.47 Å². The number of carbonyl (C=O) groups is 4. The third kappa shape index (κ3) is 7.22. The molecule has 0 aromatic heterocycles. The average molecular weight is 556 g/mol. The van der Waals surface area contributed by atoms with Crippen LogP contribution in [-0.4, -0.2) is 101 Å². The van der Waals surface area contributed by atoms with Crippen molar-refractivity contribution in [3.05, 3.63) is 47.1 Å². The van der Waals surface area contributed by atoms with Crippen molar-refractivity contribution >= 4 is 30.1 Å².